The van der Waals surface area contributed by atoms with Crippen LogP contribution in [0.4, 0.5) is 8.78 Å². The molecular formula is C13H17F2NO2. The van der Waals surface area contributed by atoms with Gasteiger partial charge in [0.15, 0.2) is 5.78 Å². The molecule has 0 saturated heterocycles. The van der Waals surface area contributed by atoms with Crippen molar-refractivity contribution in [2.75, 3.05) is 20.1 Å². The lowest BCUT2D eigenvalue weighted by atomic mass is 10.1. The third kappa shape index (κ3) is 4.50. The van der Waals surface area contributed by atoms with Gasteiger partial charge in [0.1, 0.15) is 11.6 Å². The predicted octanol–water partition coefficient (Wildman–Crippen LogP) is 1.85. The molecule has 1 N–H and O–H groups in total. The third-order valence-electron chi connectivity index (χ3n) is 2.57. The second-order valence-electron chi connectivity index (χ2n) is 4.42. The van der Waals surface area contributed by atoms with E-state index in [0.29, 0.717) is 13.0 Å². The standard InChI is InChI=1S/C13H17F2NO2/c1-9(17)5-6-16(2)8-13(18)11-7-10(14)3-4-12(11)15/h3-4,7,9,17H,5-6,8H2,1-2H3. The van der Waals surface area contributed by atoms with E-state index >= 15 is 0 Å². The lowest BCUT2D eigenvalue weighted by Gasteiger charge is -2.16. The molecule has 1 atom stereocenters. The number of aliphatic hydroxyl groups is 1. The van der Waals surface area contributed by atoms with Crippen molar-refractivity contribution in [3.05, 3.63) is 35.4 Å². The van der Waals surface area contributed by atoms with Crippen molar-refractivity contribution < 1.29 is 18.7 Å². The quantitative estimate of drug-likeness (QED) is 0.791. The summed E-state index contributed by atoms with van der Waals surface area (Å²) in [6.07, 6.45) is 0.0727. The van der Waals surface area contributed by atoms with E-state index in [2.05, 4.69) is 0 Å². The van der Waals surface area contributed by atoms with Crippen LogP contribution in [0, 0.1) is 11.6 Å². The number of ketones is 1. The van der Waals surface area contributed by atoms with Gasteiger partial charge in [-0.05, 0) is 38.6 Å². The maximum Gasteiger partial charge on any atom is 0.179 e. The number of rotatable bonds is 6. The van der Waals surface area contributed by atoms with Crippen LogP contribution < -0.4 is 0 Å². The fraction of sp³-hybridized carbons (Fsp3) is 0.462. The van der Waals surface area contributed by atoms with Gasteiger partial charge in [0.25, 0.3) is 0 Å². The van der Waals surface area contributed by atoms with E-state index in [-0.39, 0.29) is 12.1 Å². The molecule has 0 aliphatic carbocycles. The zero-order chi connectivity index (χ0) is 13.7. The van der Waals surface area contributed by atoms with E-state index in [1.807, 2.05) is 0 Å². The van der Waals surface area contributed by atoms with Crippen LogP contribution in [0.15, 0.2) is 18.2 Å². The molecule has 1 unspecified atom stereocenters. The molecule has 0 bridgehead atoms. The number of carbonyl (C=O) groups excluding carboxylic acids is 1. The van der Waals surface area contributed by atoms with Gasteiger partial charge in [-0.2, -0.15) is 0 Å². The Kier molecular flexibility index (Phi) is 5.37. The highest BCUT2D eigenvalue weighted by molar-refractivity contribution is 5.97. The Morgan fingerprint density at radius 3 is 2.72 bits per heavy atom. The van der Waals surface area contributed by atoms with Crippen LogP contribution in [0.2, 0.25) is 0 Å². The molecule has 0 fully saturated rings. The van der Waals surface area contributed by atoms with Crippen LogP contribution in [0.3, 0.4) is 0 Å². The van der Waals surface area contributed by atoms with Crippen LogP contribution in [-0.4, -0.2) is 42.0 Å². The first-order chi connectivity index (χ1) is 8.40. The maximum absolute atomic E-state index is 13.3. The van der Waals surface area contributed by atoms with Crippen LogP contribution in [0.25, 0.3) is 0 Å². The number of halogens is 2. The summed E-state index contributed by atoms with van der Waals surface area (Å²) in [5.41, 5.74) is -0.237. The van der Waals surface area contributed by atoms with Crippen molar-refractivity contribution in [1.29, 1.82) is 0 Å². The van der Waals surface area contributed by atoms with E-state index in [9.17, 15) is 13.6 Å². The summed E-state index contributed by atoms with van der Waals surface area (Å²) in [7, 11) is 1.69. The fourth-order valence-corrected chi connectivity index (χ4v) is 1.53. The Morgan fingerprint density at radius 1 is 1.44 bits per heavy atom. The average molecular weight is 257 g/mol. The number of hydrogen-bond donors (Lipinski definition) is 1. The van der Waals surface area contributed by atoms with E-state index in [0.717, 1.165) is 18.2 Å². The molecule has 100 valence electrons. The Bertz CT molecular complexity index is 421. The number of aliphatic hydroxyl groups excluding tert-OH is 1. The summed E-state index contributed by atoms with van der Waals surface area (Å²) in [6.45, 7) is 2.16. The molecule has 0 radical (unpaired) electrons. The van der Waals surface area contributed by atoms with Crippen LogP contribution in [0.1, 0.15) is 23.7 Å². The summed E-state index contributed by atoms with van der Waals surface area (Å²) < 4.78 is 26.3. The Morgan fingerprint density at radius 2 is 2.11 bits per heavy atom. The smallest absolute Gasteiger partial charge is 0.179 e. The van der Waals surface area contributed by atoms with Gasteiger partial charge in [0.05, 0.1) is 18.2 Å². The molecule has 0 amide bonds. The number of carbonyl (C=O) groups is 1. The summed E-state index contributed by atoms with van der Waals surface area (Å²) in [5, 5.41) is 9.11. The number of likely N-dealkylation sites (N-methyl/N-ethyl adjacent to an activating group) is 1. The van der Waals surface area contributed by atoms with Crippen molar-refractivity contribution in [3.63, 3.8) is 0 Å². The molecule has 18 heavy (non-hydrogen) atoms. The molecular weight excluding hydrogens is 240 g/mol. The first-order valence-electron chi connectivity index (χ1n) is 5.75. The zero-order valence-electron chi connectivity index (χ0n) is 10.5. The Hall–Kier alpha value is -1.33. The van der Waals surface area contributed by atoms with Gasteiger partial charge in [-0.25, -0.2) is 8.78 Å². The second kappa shape index (κ2) is 6.56. The van der Waals surface area contributed by atoms with Gasteiger partial charge in [-0.3, -0.25) is 9.69 Å². The number of benzene rings is 1. The molecule has 0 aromatic heterocycles. The lowest BCUT2D eigenvalue weighted by molar-refractivity contribution is 0.0927. The van der Waals surface area contributed by atoms with Gasteiger partial charge in [0.2, 0.25) is 0 Å². The normalized spacial score (nSPS) is 12.8. The topological polar surface area (TPSA) is 40.5 Å². The molecule has 3 nitrogen and oxygen atoms in total. The molecule has 0 aliphatic heterocycles. The minimum atomic E-state index is -0.717. The fourth-order valence-electron chi connectivity index (χ4n) is 1.53. The average Bonchev–Trinajstić information content (AvgIpc) is 2.29. The highest BCUT2D eigenvalue weighted by atomic mass is 19.1. The zero-order valence-corrected chi connectivity index (χ0v) is 10.5. The summed E-state index contributed by atoms with van der Waals surface area (Å²) in [6, 6.07) is 2.82. The Balaban J connectivity index is 2.62. The van der Waals surface area contributed by atoms with Gasteiger partial charge < -0.3 is 5.11 Å². The van der Waals surface area contributed by atoms with Crippen molar-refractivity contribution >= 4 is 5.78 Å². The Labute approximate surface area is 105 Å². The first kappa shape index (κ1) is 14.7. The van der Waals surface area contributed by atoms with Gasteiger partial charge in [0, 0.05) is 6.54 Å². The number of Topliss-reactive ketones (excluding diaryl/α,β-unsaturated/α-hetero) is 1. The van der Waals surface area contributed by atoms with E-state index in [4.69, 9.17) is 5.11 Å². The van der Waals surface area contributed by atoms with Crippen molar-refractivity contribution in [2.45, 2.75) is 19.4 Å². The van der Waals surface area contributed by atoms with Crippen molar-refractivity contribution in [1.82, 2.24) is 4.90 Å². The molecule has 0 saturated carbocycles. The van der Waals surface area contributed by atoms with Gasteiger partial charge >= 0.3 is 0 Å². The van der Waals surface area contributed by atoms with Crippen molar-refractivity contribution in [2.24, 2.45) is 0 Å². The number of hydrogen-bond acceptors (Lipinski definition) is 3. The van der Waals surface area contributed by atoms with Crippen molar-refractivity contribution in [3.8, 4) is 0 Å². The van der Waals surface area contributed by atoms with Crippen LogP contribution in [0.5, 0.6) is 0 Å². The third-order valence-corrected chi connectivity index (χ3v) is 2.57. The molecule has 1 rings (SSSR count). The van der Waals surface area contributed by atoms with E-state index in [1.165, 1.54) is 0 Å². The molecule has 5 heteroatoms. The largest absolute Gasteiger partial charge is 0.393 e. The summed E-state index contributed by atoms with van der Waals surface area (Å²) in [5.74, 6) is -1.82. The van der Waals surface area contributed by atoms with Gasteiger partial charge in [-0.1, -0.05) is 0 Å². The SMILES string of the molecule is CC(O)CCN(C)CC(=O)c1cc(F)ccc1F. The van der Waals surface area contributed by atoms with Crippen LogP contribution in [-0.2, 0) is 0 Å². The van der Waals surface area contributed by atoms with Gasteiger partial charge in [-0.15, -0.1) is 0 Å². The number of nitrogens with zero attached hydrogens (tertiary/aromatic N) is 1. The molecule has 1 aromatic rings. The minimum absolute atomic E-state index is 0.00685. The van der Waals surface area contributed by atoms with Crippen LogP contribution >= 0.6 is 0 Å². The second-order valence-corrected chi connectivity index (χ2v) is 4.42. The maximum atomic E-state index is 13.3. The van der Waals surface area contributed by atoms with E-state index < -0.39 is 23.5 Å². The summed E-state index contributed by atoms with van der Waals surface area (Å²) >= 11 is 0. The van der Waals surface area contributed by atoms with E-state index in [1.54, 1.807) is 18.9 Å². The molecule has 1 aromatic carbocycles. The first-order valence-corrected chi connectivity index (χ1v) is 5.75. The lowest BCUT2D eigenvalue weighted by Crippen LogP contribution is -2.29. The molecule has 0 aliphatic rings. The highest BCUT2D eigenvalue weighted by Crippen LogP contribution is 2.11. The minimum Gasteiger partial charge on any atom is -0.393 e. The predicted molar refractivity (Wildman–Crippen MR) is 64.5 cm³/mol. The highest BCUT2D eigenvalue weighted by Gasteiger charge is 2.15. The molecule has 0 heterocycles. The molecule has 0 spiro atoms. The summed E-state index contributed by atoms with van der Waals surface area (Å²) in [4.78, 5) is 13.4. The monoisotopic (exact) mass is 257 g/mol.